The zero-order valence-electron chi connectivity index (χ0n) is 2.78. The Hall–Kier alpha value is 0.640. The first kappa shape index (κ1) is 3.82. The standard InChI is InChI=1S/C3H5ClS/c4-3-1-2-5-3/h3H,1-2H2. The van der Waals surface area contributed by atoms with Crippen LogP contribution in [0.2, 0.25) is 0 Å². The van der Waals surface area contributed by atoms with Crippen molar-refractivity contribution in [3.63, 3.8) is 0 Å². The van der Waals surface area contributed by atoms with Crippen LogP contribution in [0.25, 0.3) is 0 Å². The lowest BCUT2D eigenvalue weighted by atomic mass is 10.5. The number of thioether (sulfide) groups is 1. The summed E-state index contributed by atoms with van der Waals surface area (Å²) in [6.07, 6.45) is 1.21. The van der Waals surface area contributed by atoms with Crippen molar-refractivity contribution in [1.29, 1.82) is 0 Å². The first-order valence-electron chi connectivity index (χ1n) is 1.65. The number of hydrogen-bond donors (Lipinski definition) is 0. The van der Waals surface area contributed by atoms with E-state index < -0.39 is 0 Å². The maximum Gasteiger partial charge on any atom is 0.0796 e. The molecule has 0 nitrogen and oxygen atoms in total. The van der Waals surface area contributed by atoms with Gasteiger partial charge in [0.2, 0.25) is 0 Å². The van der Waals surface area contributed by atoms with Gasteiger partial charge in [-0.2, -0.15) is 0 Å². The van der Waals surface area contributed by atoms with E-state index in [0.29, 0.717) is 4.71 Å². The third-order valence-electron chi connectivity index (χ3n) is 0.644. The molecule has 0 bridgehead atoms. The summed E-state index contributed by atoms with van der Waals surface area (Å²) in [5.41, 5.74) is 0. The van der Waals surface area contributed by atoms with Crippen molar-refractivity contribution in [3.05, 3.63) is 0 Å². The monoisotopic (exact) mass is 108 g/mol. The molecule has 0 aromatic rings. The Kier molecular flexibility index (Phi) is 1.06. The Morgan fingerprint density at radius 2 is 2.20 bits per heavy atom. The maximum absolute atomic E-state index is 5.51. The Bertz CT molecular complexity index is 33.9. The van der Waals surface area contributed by atoms with Crippen LogP contribution in [0.1, 0.15) is 6.42 Å². The van der Waals surface area contributed by atoms with Crippen molar-refractivity contribution in [1.82, 2.24) is 0 Å². The second-order valence-electron chi connectivity index (χ2n) is 1.07. The van der Waals surface area contributed by atoms with E-state index in [4.69, 9.17) is 11.6 Å². The summed E-state index contributed by atoms with van der Waals surface area (Å²) in [5.74, 6) is 1.27. The Morgan fingerprint density at radius 1 is 1.80 bits per heavy atom. The van der Waals surface area contributed by atoms with Crippen LogP contribution in [0, 0.1) is 0 Å². The van der Waals surface area contributed by atoms with E-state index in [1.807, 2.05) is 11.8 Å². The van der Waals surface area contributed by atoms with Crippen LogP contribution in [0.5, 0.6) is 0 Å². The van der Waals surface area contributed by atoms with Gasteiger partial charge in [0.05, 0.1) is 4.71 Å². The molecular weight excluding hydrogens is 104 g/mol. The average molecular weight is 109 g/mol. The summed E-state index contributed by atoms with van der Waals surface area (Å²) < 4.78 is 0.454. The van der Waals surface area contributed by atoms with Crippen molar-refractivity contribution in [2.75, 3.05) is 5.75 Å². The van der Waals surface area contributed by atoms with E-state index in [-0.39, 0.29) is 0 Å². The van der Waals surface area contributed by atoms with E-state index in [0.717, 1.165) is 0 Å². The molecule has 1 heterocycles. The molecule has 1 rings (SSSR count). The number of halogens is 1. The summed E-state index contributed by atoms with van der Waals surface area (Å²) in [6, 6.07) is 0. The van der Waals surface area contributed by atoms with Crippen LogP contribution in [-0.2, 0) is 0 Å². The zero-order chi connectivity index (χ0) is 3.70. The summed E-state index contributed by atoms with van der Waals surface area (Å²) in [4.78, 5) is 0. The Balaban J connectivity index is 2.08. The molecule has 0 saturated carbocycles. The van der Waals surface area contributed by atoms with Crippen molar-refractivity contribution < 1.29 is 0 Å². The zero-order valence-corrected chi connectivity index (χ0v) is 4.35. The van der Waals surface area contributed by atoms with Crippen molar-refractivity contribution in [3.8, 4) is 0 Å². The molecule has 30 valence electrons. The molecule has 5 heavy (non-hydrogen) atoms. The number of rotatable bonds is 0. The molecule has 0 aliphatic carbocycles. The highest BCUT2D eigenvalue weighted by Gasteiger charge is 2.12. The molecule has 0 radical (unpaired) electrons. The van der Waals surface area contributed by atoms with Gasteiger partial charge < -0.3 is 0 Å². The SMILES string of the molecule is ClC1CCS1. The van der Waals surface area contributed by atoms with E-state index in [1.54, 1.807) is 0 Å². The van der Waals surface area contributed by atoms with Crippen molar-refractivity contribution in [2.24, 2.45) is 0 Å². The van der Waals surface area contributed by atoms with Crippen molar-refractivity contribution >= 4 is 23.4 Å². The van der Waals surface area contributed by atoms with E-state index >= 15 is 0 Å². The Labute approximate surface area is 40.9 Å². The van der Waals surface area contributed by atoms with Crippen LogP contribution >= 0.6 is 23.4 Å². The van der Waals surface area contributed by atoms with Crippen LogP contribution in [0.3, 0.4) is 0 Å². The molecule has 0 aromatic carbocycles. The molecule has 1 unspecified atom stereocenters. The molecule has 1 aliphatic rings. The molecule has 0 amide bonds. The lowest BCUT2D eigenvalue weighted by Crippen LogP contribution is -2.05. The fraction of sp³-hybridized carbons (Fsp3) is 1.00. The van der Waals surface area contributed by atoms with E-state index in [2.05, 4.69) is 0 Å². The van der Waals surface area contributed by atoms with Crippen molar-refractivity contribution in [2.45, 2.75) is 11.1 Å². The maximum atomic E-state index is 5.51. The highest BCUT2D eigenvalue weighted by molar-refractivity contribution is 8.02. The van der Waals surface area contributed by atoms with Gasteiger partial charge in [-0.3, -0.25) is 0 Å². The topological polar surface area (TPSA) is 0 Å². The van der Waals surface area contributed by atoms with Gasteiger partial charge in [-0.05, 0) is 12.2 Å². The van der Waals surface area contributed by atoms with Gasteiger partial charge in [-0.25, -0.2) is 0 Å². The molecule has 0 aromatic heterocycles. The van der Waals surface area contributed by atoms with Crippen LogP contribution in [-0.4, -0.2) is 10.5 Å². The summed E-state index contributed by atoms with van der Waals surface area (Å²) in [5, 5.41) is 0. The molecule has 0 spiro atoms. The van der Waals surface area contributed by atoms with E-state index in [9.17, 15) is 0 Å². The van der Waals surface area contributed by atoms with Gasteiger partial charge in [-0.15, -0.1) is 23.4 Å². The van der Waals surface area contributed by atoms with Crippen LogP contribution in [0.15, 0.2) is 0 Å². The third kappa shape index (κ3) is 0.733. The largest absolute Gasteiger partial charge is 0.142 e. The second kappa shape index (κ2) is 1.39. The quantitative estimate of drug-likeness (QED) is 0.426. The smallest absolute Gasteiger partial charge is 0.0796 e. The molecule has 0 N–H and O–H groups in total. The molecule has 1 aliphatic heterocycles. The lowest BCUT2D eigenvalue weighted by molar-refractivity contribution is 0.999. The molecule has 1 fully saturated rings. The van der Waals surface area contributed by atoms with Crippen LogP contribution < -0.4 is 0 Å². The lowest BCUT2D eigenvalue weighted by Gasteiger charge is -2.15. The summed E-state index contributed by atoms with van der Waals surface area (Å²) in [6.45, 7) is 0. The van der Waals surface area contributed by atoms with Gasteiger partial charge in [-0.1, -0.05) is 0 Å². The molecule has 2 heteroatoms. The second-order valence-corrected chi connectivity index (χ2v) is 3.17. The molecular formula is C3H5ClS. The fourth-order valence-corrected chi connectivity index (χ4v) is 1.16. The predicted molar refractivity (Wildman–Crippen MR) is 26.7 cm³/mol. The van der Waals surface area contributed by atoms with Gasteiger partial charge in [0, 0.05) is 0 Å². The van der Waals surface area contributed by atoms with Gasteiger partial charge >= 0.3 is 0 Å². The summed E-state index contributed by atoms with van der Waals surface area (Å²) >= 11 is 7.34. The predicted octanol–water partition coefficient (Wildman–Crippen LogP) is 1.69. The summed E-state index contributed by atoms with van der Waals surface area (Å²) in [7, 11) is 0. The highest BCUT2D eigenvalue weighted by Crippen LogP contribution is 2.30. The molecule has 1 atom stereocenters. The minimum atomic E-state index is 0.454. The van der Waals surface area contributed by atoms with E-state index in [1.165, 1.54) is 12.2 Å². The highest BCUT2D eigenvalue weighted by atomic mass is 35.5. The van der Waals surface area contributed by atoms with Crippen LogP contribution in [0.4, 0.5) is 0 Å². The first-order chi connectivity index (χ1) is 2.39. The third-order valence-corrected chi connectivity index (χ3v) is 2.31. The normalized spacial score (nSPS) is 36.6. The van der Waals surface area contributed by atoms with Gasteiger partial charge in [0.1, 0.15) is 0 Å². The number of alkyl halides is 1. The molecule has 1 saturated heterocycles. The average Bonchev–Trinajstić information content (AvgIpc) is 1.30. The first-order valence-corrected chi connectivity index (χ1v) is 3.14. The minimum absolute atomic E-state index is 0.454. The minimum Gasteiger partial charge on any atom is -0.142 e. The van der Waals surface area contributed by atoms with Gasteiger partial charge in [0.25, 0.3) is 0 Å². The number of hydrogen-bond acceptors (Lipinski definition) is 1. The van der Waals surface area contributed by atoms with Gasteiger partial charge in [0.15, 0.2) is 0 Å². The Morgan fingerprint density at radius 3 is 2.20 bits per heavy atom. The fourth-order valence-electron chi connectivity index (χ4n) is 0.207.